The van der Waals surface area contributed by atoms with E-state index in [1.54, 1.807) is 12.1 Å². The standard InChI is InChI=1S/C11H6BrIN4O/c12-7-1-2-8(6(3-7)4-14)17-10-9(13)11(18)16-5-15-10/h1-3,5H,(H2,15,16,17,18). The van der Waals surface area contributed by atoms with Crippen molar-refractivity contribution in [2.45, 2.75) is 0 Å². The molecule has 0 spiro atoms. The summed E-state index contributed by atoms with van der Waals surface area (Å²) in [6, 6.07) is 7.34. The predicted molar refractivity (Wildman–Crippen MR) is 79.7 cm³/mol. The van der Waals surface area contributed by atoms with Gasteiger partial charge in [0.05, 0.1) is 17.6 Å². The minimum Gasteiger partial charge on any atom is -0.338 e. The van der Waals surface area contributed by atoms with Crippen molar-refractivity contribution in [3.63, 3.8) is 0 Å². The van der Waals surface area contributed by atoms with Crippen LogP contribution in [-0.2, 0) is 0 Å². The van der Waals surface area contributed by atoms with Crippen LogP contribution < -0.4 is 10.9 Å². The van der Waals surface area contributed by atoms with E-state index < -0.39 is 0 Å². The summed E-state index contributed by atoms with van der Waals surface area (Å²) in [5.41, 5.74) is 0.864. The lowest BCUT2D eigenvalue weighted by molar-refractivity contribution is 1.10. The third kappa shape index (κ3) is 2.70. The Bertz CT molecular complexity index is 692. The molecule has 0 saturated heterocycles. The van der Waals surface area contributed by atoms with Gasteiger partial charge in [0.2, 0.25) is 0 Å². The van der Waals surface area contributed by atoms with Gasteiger partial charge in [-0.25, -0.2) is 4.98 Å². The first-order valence-corrected chi connectivity index (χ1v) is 6.69. The molecule has 90 valence electrons. The van der Waals surface area contributed by atoms with Crippen LogP contribution in [0, 0.1) is 14.9 Å². The fraction of sp³-hybridized carbons (Fsp3) is 0. The maximum Gasteiger partial charge on any atom is 0.266 e. The number of hydrogen-bond acceptors (Lipinski definition) is 4. The summed E-state index contributed by atoms with van der Waals surface area (Å²) < 4.78 is 1.26. The molecule has 7 heteroatoms. The van der Waals surface area contributed by atoms with E-state index in [0.29, 0.717) is 20.6 Å². The molecule has 1 heterocycles. The number of nitrogens with one attached hydrogen (secondary N) is 2. The van der Waals surface area contributed by atoms with Crippen molar-refractivity contribution in [2.24, 2.45) is 0 Å². The van der Waals surface area contributed by atoms with Gasteiger partial charge in [0, 0.05) is 4.47 Å². The molecule has 5 nitrogen and oxygen atoms in total. The average Bonchev–Trinajstić information content (AvgIpc) is 2.37. The largest absolute Gasteiger partial charge is 0.338 e. The van der Waals surface area contributed by atoms with Gasteiger partial charge in [-0.15, -0.1) is 0 Å². The van der Waals surface area contributed by atoms with E-state index >= 15 is 0 Å². The lowest BCUT2D eigenvalue weighted by Gasteiger charge is -2.08. The number of hydrogen-bond donors (Lipinski definition) is 2. The zero-order valence-electron chi connectivity index (χ0n) is 8.87. The average molecular weight is 417 g/mol. The lowest BCUT2D eigenvalue weighted by atomic mass is 10.2. The number of nitriles is 1. The van der Waals surface area contributed by atoms with Gasteiger partial charge in [0.25, 0.3) is 5.56 Å². The van der Waals surface area contributed by atoms with E-state index in [9.17, 15) is 4.79 Å². The van der Waals surface area contributed by atoms with E-state index in [1.807, 2.05) is 28.7 Å². The second-order valence-electron chi connectivity index (χ2n) is 3.32. The van der Waals surface area contributed by atoms with Crippen molar-refractivity contribution in [1.82, 2.24) is 9.97 Å². The molecule has 0 fully saturated rings. The molecule has 18 heavy (non-hydrogen) atoms. The van der Waals surface area contributed by atoms with Crippen LogP contribution >= 0.6 is 38.5 Å². The number of H-pyrrole nitrogens is 1. The van der Waals surface area contributed by atoms with E-state index in [-0.39, 0.29) is 5.56 Å². The molecule has 1 aromatic heterocycles. The second kappa shape index (κ2) is 5.49. The Hall–Kier alpha value is -1.40. The molecule has 0 bridgehead atoms. The monoisotopic (exact) mass is 416 g/mol. The quantitative estimate of drug-likeness (QED) is 0.737. The number of aromatic nitrogens is 2. The molecule has 0 aliphatic heterocycles. The third-order valence-electron chi connectivity index (χ3n) is 2.15. The Morgan fingerprint density at radius 3 is 3.00 bits per heavy atom. The summed E-state index contributed by atoms with van der Waals surface area (Å²) in [5, 5.41) is 12.0. The summed E-state index contributed by atoms with van der Waals surface area (Å²) >= 11 is 5.20. The first kappa shape index (κ1) is 13.0. The van der Waals surface area contributed by atoms with Gasteiger partial charge in [-0.1, -0.05) is 15.9 Å². The Kier molecular flexibility index (Phi) is 3.98. The zero-order valence-corrected chi connectivity index (χ0v) is 12.6. The summed E-state index contributed by atoms with van der Waals surface area (Å²) in [6.45, 7) is 0. The van der Waals surface area contributed by atoms with Crippen molar-refractivity contribution in [1.29, 1.82) is 5.26 Å². The van der Waals surface area contributed by atoms with E-state index in [4.69, 9.17) is 5.26 Å². The molecule has 0 amide bonds. The molecule has 0 aliphatic carbocycles. The molecule has 2 aromatic rings. The Labute approximate surface area is 125 Å². The van der Waals surface area contributed by atoms with Crippen molar-refractivity contribution in [3.8, 4) is 6.07 Å². The molecule has 0 unspecified atom stereocenters. The highest BCUT2D eigenvalue weighted by molar-refractivity contribution is 14.1. The third-order valence-corrected chi connectivity index (χ3v) is 3.65. The van der Waals surface area contributed by atoms with Gasteiger partial charge in [-0.3, -0.25) is 4.79 Å². The number of rotatable bonds is 2. The Morgan fingerprint density at radius 1 is 1.50 bits per heavy atom. The number of aromatic amines is 1. The molecule has 0 aliphatic rings. The van der Waals surface area contributed by atoms with E-state index in [1.165, 1.54) is 6.33 Å². The predicted octanol–water partition coefficient (Wildman–Crippen LogP) is 2.75. The number of benzene rings is 1. The van der Waals surface area contributed by atoms with Crippen molar-refractivity contribution in [3.05, 3.63) is 48.5 Å². The maximum atomic E-state index is 11.4. The van der Waals surface area contributed by atoms with Crippen molar-refractivity contribution in [2.75, 3.05) is 5.32 Å². The first-order valence-electron chi connectivity index (χ1n) is 4.81. The fourth-order valence-electron chi connectivity index (χ4n) is 1.32. The van der Waals surface area contributed by atoms with Crippen LogP contribution in [0.3, 0.4) is 0 Å². The number of nitrogens with zero attached hydrogens (tertiary/aromatic N) is 2. The summed E-state index contributed by atoms with van der Waals surface area (Å²) in [5.74, 6) is 0.429. The molecule has 0 radical (unpaired) electrons. The van der Waals surface area contributed by atoms with E-state index in [0.717, 1.165) is 4.47 Å². The molecular formula is C11H6BrIN4O. The van der Waals surface area contributed by atoms with Gasteiger partial charge >= 0.3 is 0 Å². The highest BCUT2D eigenvalue weighted by Crippen LogP contribution is 2.24. The minimum absolute atomic E-state index is 0.219. The molecule has 1 aromatic carbocycles. The number of halogens is 2. The Morgan fingerprint density at radius 2 is 2.28 bits per heavy atom. The van der Waals surface area contributed by atoms with Gasteiger partial charge in [-0.05, 0) is 40.8 Å². The van der Waals surface area contributed by atoms with Crippen LogP contribution in [0.25, 0.3) is 0 Å². The first-order chi connectivity index (χ1) is 8.61. The SMILES string of the molecule is N#Cc1cc(Br)ccc1Nc1nc[nH]c(=O)c1I. The molecule has 0 saturated carbocycles. The van der Waals surface area contributed by atoms with Gasteiger partial charge < -0.3 is 10.3 Å². The summed E-state index contributed by atoms with van der Waals surface area (Å²) in [6.07, 6.45) is 1.32. The highest BCUT2D eigenvalue weighted by atomic mass is 127. The van der Waals surface area contributed by atoms with Crippen LogP contribution in [0.2, 0.25) is 0 Å². The molecule has 2 rings (SSSR count). The van der Waals surface area contributed by atoms with Crippen LogP contribution in [0.15, 0.2) is 33.8 Å². The minimum atomic E-state index is -0.219. The number of anilines is 2. The van der Waals surface area contributed by atoms with Crippen LogP contribution in [0.1, 0.15) is 5.56 Å². The zero-order chi connectivity index (χ0) is 13.1. The van der Waals surface area contributed by atoms with Gasteiger partial charge in [0.15, 0.2) is 5.82 Å². The summed E-state index contributed by atoms with van der Waals surface area (Å²) in [4.78, 5) is 17.9. The van der Waals surface area contributed by atoms with Crippen molar-refractivity contribution < 1.29 is 0 Å². The molecular weight excluding hydrogens is 411 g/mol. The summed E-state index contributed by atoms with van der Waals surface area (Å²) in [7, 11) is 0. The topological polar surface area (TPSA) is 81.6 Å². The van der Waals surface area contributed by atoms with Crippen molar-refractivity contribution >= 4 is 50.0 Å². The van der Waals surface area contributed by atoms with Gasteiger partial charge in [-0.2, -0.15) is 5.26 Å². The maximum absolute atomic E-state index is 11.4. The smallest absolute Gasteiger partial charge is 0.266 e. The Balaban J connectivity index is 2.44. The van der Waals surface area contributed by atoms with Crippen LogP contribution in [-0.4, -0.2) is 9.97 Å². The van der Waals surface area contributed by atoms with Gasteiger partial charge in [0.1, 0.15) is 9.64 Å². The normalized spacial score (nSPS) is 9.83. The fourth-order valence-corrected chi connectivity index (χ4v) is 2.11. The molecule has 2 N–H and O–H groups in total. The van der Waals surface area contributed by atoms with Crippen LogP contribution in [0.5, 0.6) is 0 Å². The van der Waals surface area contributed by atoms with Crippen LogP contribution in [0.4, 0.5) is 11.5 Å². The highest BCUT2D eigenvalue weighted by Gasteiger charge is 2.08. The second-order valence-corrected chi connectivity index (χ2v) is 5.32. The van der Waals surface area contributed by atoms with E-state index in [2.05, 4.69) is 37.3 Å². The molecule has 0 atom stereocenters. The lowest BCUT2D eigenvalue weighted by Crippen LogP contribution is -2.13.